The maximum absolute atomic E-state index is 11.9. The maximum Gasteiger partial charge on any atom is 0.317 e. The summed E-state index contributed by atoms with van der Waals surface area (Å²) in [6, 6.07) is 0.0156. The molecule has 102 valence electrons. The highest BCUT2D eigenvalue weighted by atomic mass is 16.3. The molecule has 4 nitrogen and oxygen atoms in total. The summed E-state index contributed by atoms with van der Waals surface area (Å²) >= 11 is 0. The Hall–Kier alpha value is -1.03. The van der Waals surface area contributed by atoms with Crippen LogP contribution in [0.4, 0.5) is 4.79 Å². The highest BCUT2D eigenvalue weighted by molar-refractivity contribution is 5.74. The summed E-state index contributed by atoms with van der Waals surface area (Å²) in [5.41, 5.74) is 1.49. The fourth-order valence-corrected chi connectivity index (χ4v) is 2.86. The largest absolute Gasteiger partial charge is 0.394 e. The molecule has 1 atom stereocenters. The van der Waals surface area contributed by atoms with Crippen molar-refractivity contribution >= 4 is 6.03 Å². The normalized spacial score (nSPS) is 23.9. The summed E-state index contributed by atoms with van der Waals surface area (Å²) in [7, 11) is 0. The van der Waals surface area contributed by atoms with Gasteiger partial charge in [0.05, 0.1) is 12.6 Å². The molecule has 0 aromatic rings. The fourth-order valence-electron chi connectivity index (χ4n) is 2.86. The van der Waals surface area contributed by atoms with Crippen LogP contribution in [-0.4, -0.2) is 41.8 Å². The third-order valence-electron chi connectivity index (χ3n) is 3.96. The number of nitrogens with one attached hydrogen (secondary N) is 1. The first kappa shape index (κ1) is 13.4. The van der Waals surface area contributed by atoms with Crippen molar-refractivity contribution in [2.24, 2.45) is 0 Å². The topological polar surface area (TPSA) is 52.6 Å². The van der Waals surface area contributed by atoms with Crippen molar-refractivity contribution in [2.75, 3.05) is 19.7 Å². The van der Waals surface area contributed by atoms with E-state index in [0.717, 1.165) is 32.4 Å². The number of rotatable bonds is 4. The molecule has 2 N–H and O–H groups in total. The molecule has 2 rings (SSSR count). The minimum atomic E-state index is -0.0111. The van der Waals surface area contributed by atoms with Crippen LogP contribution in [0.1, 0.15) is 44.9 Å². The van der Waals surface area contributed by atoms with E-state index in [4.69, 9.17) is 0 Å². The fraction of sp³-hybridized carbons (Fsp3) is 0.786. The number of carbonyl (C=O) groups excluding carboxylic acids is 1. The van der Waals surface area contributed by atoms with Gasteiger partial charge in [0, 0.05) is 13.1 Å². The molecule has 1 fully saturated rings. The minimum Gasteiger partial charge on any atom is -0.394 e. The first-order chi connectivity index (χ1) is 8.81. The Labute approximate surface area is 109 Å². The second-order valence-corrected chi connectivity index (χ2v) is 5.26. The van der Waals surface area contributed by atoms with Gasteiger partial charge in [0.15, 0.2) is 0 Å². The molecule has 1 aliphatic heterocycles. The highest BCUT2D eigenvalue weighted by Crippen LogP contribution is 2.20. The molecule has 0 radical (unpaired) electrons. The van der Waals surface area contributed by atoms with Gasteiger partial charge in [-0.05, 0) is 44.9 Å². The molecular formula is C14H24N2O2. The molecule has 0 bridgehead atoms. The lowest BCUT2D eigenvalue weighted by atomic mass is 9.97. The van der Waals surface area contributed by atoms with Gasteiger partial charge >= 0.3 is 6.03 Å². The predicted octanol–water partition coefficient (Wildman–Crippen LogP) is 2.04. The van der Waals surface area contributed by atoms with Crippen molar-refractivity contribution < 1.29 is 9.90 Å². The van der Waals surface area contributed by atoms with E-state index in [2.05, 4.69) is 11.4 Å². The molecule has 4 heteroatoms. The number of hydrogen-bond acceptors (Lipinski definition) is 2. The van der Waals surface area contributed by atoms with Crippen molar-refractivity contribution in [1.29, 1.82) is 0 Å². The lowest BCUT2D eigenvalue weighted by molar-refractivity contribution is 0.157. The second kappa shape index (κ2) is 6.78. The van der Waals surface area contributed by atoms with Gasteiger partial charge in [-0.3, -0.25) is 0 Å². The Morgan fingerprint density at radius 3 is 3.06 bits per heavy atom. The molecule has 0 spiro atoms. The van der Waals surface area contributed by atoms with Gasteiger partial charge in [-0.1, -0.05) is 11.6 Å². The summed E-state index contributed by atoms with van der Waals surface area (Å²) in [6.07, 6.45) is 10.2. The summed E-state index contributed by atoms with van der Waals surface area (Å²) in [5.74, 6) is 0. The number of amides is 2. The molecule has 0 saturated carbocycles. The maximum atomic E-state index is 11.9. The van der Waals surface area contributed by atoms with Crippen LogP contribution >= 0.6 is 0 Å². The molecule has 2 amide bonds. The van der Waals surface area contributed by atoms with Gasteiger partial charge in [0.25, 0.3) is 0 Å². The van der Waals surface area contributed by atoms with Gasteiger partial charge in [0.2, 0.25) is 0 Å². The van der Waals surface area contributed by atoms with Gasteiger partial charge in [-0.25, -0.2) is 4.79 Å². The molecule has 18 heavy (non-hydrogen) atoms. The van der Waals surface area contributed by atoms with E-state index in [1.54, 1.807) is 4.90 Å². The minimum absolute atomic E-state index is 0.0111. The van der Waals surface area contributed by atoms with Gasteiger partial charge < -0.3 is 15.3 Å². The SMILES string of the molecule is O=C(NCCC1=CCCCC1)N1CCC[C@@H]1CO. The third kappa shape index (κ3) is 3.48. The van der Waals surface area contributed by atoms with Crippen molar-refractivity contribution in [1.82, 2.24) is 10.2 Å². The number of hydrogen-bond donors (Lipinski definition) is 2. The van der Waals surface area contributed by atoms with E-state index in [0.29, 0.717) is 0 Å². The average molecular weight is 252 g/mol. The van der Waals surface area contributed by atoms with Crippen LogP contribution in [0.25, 0.3) is 0 Å². The van der Waals surface area contributed by atoms with Crippen LogP contribution in [0.3, 0.4) is 0 Å². The molecule has 2 aliphatic rings. The number of nitrogens with zero attached hydrogens (tertiary/aromatic N) is 1. The Morgan fingerprint density at radius 2 is 2.33 bits per heavy atom. The number of likely N-dealkylation sites (tertiary alicyclic amines) is 1. The van der Waals surface area contributed by atoms with Gasteiger partial charge in [0.1, 0.15) is 0 Å². The third-order valence-corrected chi connectivity index (χ3v) is 3.96. The van der Waals surface area contributed by atoms with Gasteiger partial charge in [-0.2, -0.15) is 0 Å². The number of aliphatic hydroxyl groups is 1. The number of carbonyl (C=O) groups is 1. The zero-order chi connectivity index (χ0) is 12.8. The monoisotopic (exact) mass is 252 g/mol. The Bertz CT molecular complexity index is 315. The van der Waals surface area contributed by atoms with Crippen LogP contribution in [0, 0.1) is 0 Å². The zero-order valence-electron chi connectivity index (χ0n) is 11.0. The molecule has 0 aromatic carbocycles. The predicted molar refractivity (Wildman–Crippen MR) is 71.4 cm³/mol. The number of allylic oxidation sites excluding steroid dienone is 1. The molecular weight excluding hydrogens is 228 g/mol. The van der Waals surface area contributed by atoms with Crippen molar-refractivity contribution in [3.05, 3.63) is 11.6 Å². The van der Waals surface area contributed by atoms with Crippen LogP contribution < -0.4 is 5.32 Å². The quantitative estimate of drug-likeness (QED) is 0.752. The van der Waals surface area contributed by atoms with E-state index in [1.165, 1.54) is 31.3 Å². The summed E-state index contributed by atoms with van der Waals surface area (Å²) in [6.45, 7) is 1.58. The smallest absolute Gasteiger partial charge is 0.317 e. The molecule has 1 aliphatic carbocycles. The zero-order valence-corrected chi connectivity index (χ0v) is 11.0. The van der Waals surface area contributed by atoms with E-state index >= 15 is 0 Å². The van der Waals surface area contributed by atoms with Crippen LogP contribution in [0.5, 0.6) is 0 Å². The first-order valence-electron chi connectivity index (χ1n) is 7.14. The lowest BCUT2D eigenvalue weighted by Gasteiger charge is -2.23. The summed E-state index contributed by atoms with van der Waals surface area (Å²) < 4.78 is 0. The van der Waals surface area contributed by atoms with Crippen LogP contribution in [-0.2, 0) is 0 Å². The van der Waals surface area contributed by atoms with Crippen LogP contribution in [0.15, 0.2) is 11.6 Å². The molecule has 0 unspecified atom stereocenters. The van der Waals surface area contributed by atoms with E-state index < -0.39 is 0 Å². The molecule has 1 saturated heterocycles. The first-order valence-corrected chi connectivity index (χ1v) is 7.14. The van der Waals surface area contributed by atoms with E-state index in [9.17, 15) is 9.90 Å². The van der Waals surface area contributed by atoms with Gasteiger partial charge in [-0.15, -0.1) is 0 Å². The lowest BCUT2D eigenvalue weighted by Crippen LogP contribution is -2.44. The second-order valence-electron chi connectivity index (χ2n) is 5.26. The van der Waals surface area contributed by atoms with E-state index in [-0.39, 0.29) is 18.7 Å². The number of aliphatic hydroxyl groups excluding tert-OH is 1. The molecule has 0 aromatic heterocycles. The molecule has 1 heterocycles. The van der Waals surface area contributed by atoms with Crippen molar-refractivity contribution in [2.45, 2.75) is 51.0 Å². The Balaban J connectivity index is 1.69. The Kier molecular flexibility index (Phi) is 5.05. The van der Waals surface area contributed by atoms with Crippen LogP contribution in [0.2, 0.25) is 0 Å². The van der Waals surface area contributed by atoms with E-state index in [1.807, 2.05) is 0 Å². The Morgan fingerprint density at radius 1 is 1.44 bits per heavy atom. The highest BCUT2D eigenvalue weighted by Gasteiger charge is 2.27. The summed E-state index contributed by atoms with van der Waals surface area (Å²) in [4.78, 5) is 13.7. The number of urea groups is 1. The standard InChI is InChI=1S/C14H24N2O2/c17-11-13-7-4-10-16(13)14(18)15-9-8-12-5-2-1-3-6-12/h5,13,17H,1-4,6-11H2,(H,15,18)/t13-/m1/s1. The van der Waals surface area contributed by atoms with Crippen molar-refractivity contribution in [3.8, 4) is 0 Å². The van der Waals surface area contributed by atoms with Crippen molar-refractivity contribution in [3.63, 3.8) is 0 Å². The average Bonchev–Trinajstić information content (AvgIpc) is 2.88. The summed E-state index contributed by atoms with van der Waals surface area (Å²) in [5, 5.41) is 12.2.